The van der Waals surface area contributed by atoms with Gasteiger partial charge in [-0.25, -0.2) is 13.1 Å². The zero-order chi connectivity index (χ0) is 18.9. The maximum absolute atomic E-state index is 12.6. The van der Waals surface area contributed by atoms with E-state index in [1.807, 2.05) is 0 Å². The maximum Gasteiger partial charge on any atom is 0.313 e. The largest absolute Gasteiger partial charge is 0.442 e. The van der Waals surface area contributed by atoms with E-state index in [-0.39, 0.29) is 23.3 Å². The van der Waals surface area contributed by atoms with Crippen molar-refractivity contribution < 1.29 is 17.9 Å². The SMILES string of the molecule is CC(C)(C)C(=O)OCn1cc(NS(=O)(=O)c2cccc3nsnc23)cn1. The molecule has 0 aliphatic rings. The minimum Gasteiger partial charge on any atom is -0.442 e. The zero-order valence-electron chi connectivity index (χ0n) is 14.3. The summed E-state index contributed by atoms with van der Waals surface area (Å²) in [6.45, 7) is 5.12. The maximum atomic E-state index is 12.6. The highest BCUT2D eigenvalue weighted by atomic mass is 32.2. The van der Waals surface area contributed by atoms with Crippen LogP contribution in [0.15, 0.2) is 35.5 Å². The lowest BCUT2D eigenvalue weighted by Crippen LogP contribution is -2.24. The van der Waals surface area contributed by atoms with E-state index in [2.05, 4.69) is 18.6 Å². The molecule has 0 spiro atoms. The Balaban J connectivity index is 1.74. The molecule has 0 atom stereocenters. The van der Waals surface area contributed by atoms with Gasteiger partial charge in [0.15, 0.2) is 6.73 Å². The predicted molar refractivity (Wildman–Crippen MR) is 96.0 cm³/mol. The summed E-state index contributed by atoms with van der Waals surface area (Å²) in [5.41, 5.74) is 0.453. The van der Waals surface area contributed by atoms with Gasteiger partial charge in [0.1, 0.15) is 15.9 Å². The van der Waals surface area contributed by atoms with Gasteiger partial charge >= 0.3 is 5.97 Å². The lowest BCUT2D eigenvalue weighted by molar-refractivity contribution is -0.157. The molecule has 0 aliphatic heterocycles. The minimum atomic E-state index is -3.86. The highest BCUT2D eigenvalue weighted by molar-refractivity contribution is 7.93. The van der Waals surface area contributed by atoms with E-state index in [9.17, 15) is 13.2 Å². The second-order valence-electron chi connectivity index (χ2n) is 6.57. The summed E-state index contributed by atoms with van der Waals surface area (Å²) < 4.78 is 42.2. The van der Waals surface area contributed by atoms with Crippen LogP contribution in [-0.2, 0) is 26.3 Å². The third-order valence-corrected chi connectivity index (χ3v) is 5.32. The number of aromatic nitrogens is 4. The van der Waals surface area contributed by atoms with Crippen LogP contribution in [0.3, 0.4) is 0 Å². The first kappa shape index (κ1) is 18.3. The van der Waals surface area contributed by atoms with E-state index in [4.69, 9.17) is 4.74 Å². The first-order valence-corrected chi connectivity index (χ1v) is 9.82. The number of hydrogen-bond acceptors (Lipinski definition) is 8. The Morgan fingerprint density at radius 1 is 1.31 bits per heavy atom. The van der Waals surface area contributed by atoms with Crippen LogP contribution in [-0.4, -0.2) is 32.9 Å². The van der Waals surface area contributed by atoms with Gasteiger partial charge < -0.3 is 4.74 Å². The first-order chi connectivity index (χ1) is 12.2. The van der Waals surface area contributed by atoms with Crippen LogP contribution in [0.4, 0.5) is 5.69 Å². The molecule has 3 aromatic rings. The lowest BCUT2D eigenvalue weighted by Gasteiger charge is -2.16. The monoisotopic (exact) mass is 395 g/mol. The number of esters is 1. The second-order valence-corrected chi connectivity index (χ2v) is 8.75. The number of hydrogen-bond donors (Lipinski definition) is 1. The van der Waals surface area contributed by atoms with E-state index < -0.39 is 15.4 Å². The topological polar surface area (TPSA) is 116 Å². The molecule has 3 rings (SSSR count). The van der Waals surface area contributed by atoms with Crippen LogP contribution in [0.5, 0.6) is 0 Å². The van der Waals surface area contributed by atoms with Crippen LogP contribution in [0, 0.1) is 5.41 Å². The molecule has 1 aromatic carbocycles. The average molecular weight is 395 g/mol. The number of nitrogens with one attached hydrogen (secondary N) is 1. The normalized spacial score (nSPS) is 12.3. The molecule has 0 amide bonds. The first-order valence-electron chi connectivity index (χ1n) is 7.60. The molecule has 0 saturated heterocycles. The minimum absolute atomic E-state index is 0.0376. The third-order valence-electron chi connectivity index (χ3n) is 3.36. The van der Waals surface area contributed by atoms with Crippen molar-refractivity contribution >= 4 is 44.4 Å². The summed E-state index contributed by atoms with van der Waals surface area (Å²) in [6, 6.07) is 4.76. The van der Waals surface area contributed by atoms with Gasteiger partial charge in [-0.3, -0.25) is 9.52 Å². The molecule has 0 bridgehead atoms. The summed E-state index contributed by atoms with van der Waals surface area (Å²) in [5.74, 6) is -0.377. The van der Waals surface area contributed by atoms with Gasteiger partial charge in [0.2, 0.25) is 0 Å². The summed E-state index contributed by atoms with van der Waals surface area (Å²) >= 11 is 0.948. The van der Waals surface area contributed by atoms with Crippen LogP contribution < -0.4 is 4.72 Å². The summed E-state index contributed by atoms with van der Waals surface area (Å²) in [5, 5.41) is 3.99. The van der Waals surface area contributed by atoms with Gasteiger partial charge in [-0.05, 0) is 32.9 Å². The number of fused-ring (bicyclic) bond motifs is 1. The Kier molecular flexibility index (Phi) is 4.67. The van der Waals surface area contributed by atoms with E-state index >= 15 is 0 Å². The summed E-state index contributed by atoms with van der Waals surface area (Å²) in [7, 11) is -3.86. The number of nitrogens with zero attached hydrogens (tertiary/aromatic N) is 4. The molecule has 26 heavy (non-hydrogen) atoms. The van der Waals surface area contributed by atoms with E-state index in [0.29, 0.717) is 11.0 Å². The Morgan fingerprint density at radius 2 is 2.08 bits per heavy atom. The Bertz CT molecular complexity index is 1050. The standard InChI is InChI=1S/C15H17N5O4S2/c1-15(2,3)14(21)24-9-20-8-10(7-16-20)19-26(22,23)12-6-4-5-11-13(12)18-25-17-11/h4-8,19H,9H2,1-3H3. The van der Waals surface area contributed by atoms with Crippen LogP contribution in [0.25, 0.3) is 11.0 Å². The van der Waals surface area contributed by atoms with Gasteiger partial charge in [0, 0.05) is 0 Å². The van der Waals surface area contributed by atoms with Crippen LogP contribution >= 0.6 is 11.7 Å². The van der Waals surface area contributed by atoms with Crippen molar-refractivity contribution in [3.63, 3.8) is 0 Å². The molecule has 0 aliphatic carbocycles. The van der Waals surface area contributed by atoms with Crippen molar-refractivity contribution in [1.29, 1.82) is 0 Å². The smallest absolute Gasteiger partial charge is 0.313 e. The predicted octanol–water partition coefficient (Wildman–Crippen LogP) is 2.24. The summed E-state index contributed by atoms with van der Waals surface area (Å²) in [4.78, 5) is 11.8. The molecular formula is C15H17N5O4S2. The number of benzene rings is 1. The molecule has 0 saturated carbocycles. The second kappa shape index (κ2) is 6.65. The number of ether oxygens (including phenoxy) is 1. The van der Waals surface area contributed by atoms with Crippen LogP contribution in [0.2, 0.25) is 0 Å². The van der Waals surface area contributed by atoms with Crippen molar-refractivity contribution in [3.8, 4) is 0 Å². The third kappa shape index (κ3) is 3.83. The molecule has 2 heterocycles. The molecule has 11 heteroatoms. The fourth-order valence-electron chi connectivity index (χ4n) is 2.04. The highest BCUT2D eigenvalue weighted by Gasteiger charge is 2.23. The van der Waals surface area contributed by atoms with Crippen LogP contribution in [0.1, 0.15) is 20.8 Å². The fraction of sp³-hybridized carbons (Fsp3) is 0.333. The molecular weight excluding hydrogens is 378 g/mol. The van der Waals surface area contributed by atoms with Gasteiger partial charge in [0.25, 0.3) is 10.0 Å². The number of carbonyl (C=O) groups is 1. The quantitative estimate of drug-likeness (QED) is 0.659. The van der Waals surface area contributed by atoms with Crippen molar-refractivity contribution in [2.45, 2.75) is 32.4 Å². The van der Waals surface area contributed by atoms with Crippen molar-refractivity contribution in [3.05, 3.63) is 30.6 Å². The number of anilines is 1. The zero-order valence-corrected chi connectivity index (χ0v) is 16.0. The Hall–Kier alpha value is -2.53. The molecule has 0 radical (unpaired) electrons. The van der Waals surface area contributed by atoms with Gasteiger partial charge in [-0.15, -0.1) is 0 Å². The highest BCUT2D eigenvalue weighted by Crippen LogP contribution is 2.23. The summed E-state index contributed by atoms with van der Waals surface area (Å²) in [6.07, 6.45) is 2.77. The van der Waals surface area contributed by atoms with Gasteiger partial charge in [-0.1, -0.05) is 6.07 Å². The van der Waals surface area contributed by atoms with Crippen molar-refractivity contribution in [2.24, 2.45) is 5.41 Å². The lowest BCUT2D eigenvalue weighted by atomic mass is 9.98. The molecule has 2 aromatic heterocycles. The average Bonchev–Trinajstić information content (AvgIpc) is 3.19. The molecule has 0 unspecified atom stereocenters. The molecule has 9 nitrogen and oxygen atoms in total. The molecule has 138 valence electrons. The van der Waals surface area contributed by atoms with Gasteiger partial charge in [-0.2, -0.15) is 13.8 Å². The molecule has 0 fully saturated rings. The van der Waals surface area contributed by atoms with Crippen molar-refractivity contribution in [1.82, 2.24) is 18.5 Å². The van der Waals surface area contributed by atoms with E-state index in [1.165, 1.54) is 23.1 Å². The van der Waals surface area contributed by atoms with Crippen molar-refractivity contribution in [2.75, 3.05) is 4.72 Å². The van der Waals surface area contributed by atoms with E-state index in [1.54, 1.807) is 32.9 Å². The van der Waals surface area contributed by atoms with Gasteiger partial charge in [0.05, 0.1) is 35.2 Å². The van der Waals surface area contributed by atoms with E-state index in [0.717, 1.165) is 11.7 Å². The number of rotatable bonds is 5. The molecule has 1 N–H and O–H groups in total. The Morgan fingerprint density at radius 3 is 2.81 bits per heavy atom. The fourth-order valence-corrected chi connectivity index (χ4v) is 3.83. The number of sulfonamides is 1. The number of carbonyl (C=O) groups excluding carboxylic acids is 1. The Labute approximate surface area is 154 Å².